The molecule has 116 valence electrons. The Kier molecular flexibility index (Phi) is 7.04. The van der Waals surface area contributed by atoms with Gasteiger partial charge >= 0.3 is 0 Å². The van der Waals surface area contributed by atoms with Crippen LogP contribution in [0.25, 0.3) is 0 Å². The lowest BCUT2D eigenvalue weighted by Gasteiger charge is -2.14. The normalized spacial score (nSPS) is 11.6. The topological polar surface area (TPSA) is 93.4 Å². The first kappa shape index (κ1) is 17.3. The molecule has 0 fully saturated rings. The summed E-state index contributed by atoms with van der Waals surface area (Å²) in [6, 6.07) is 4.46. The Bertz CT molecular complexity index is 508. The van der Waals surface area contributed by atoms with Gasteiger partial charge in [0.25, 0.3) is 0 Å². The summed E-state index contributed by atoms with van der Waals surface area (Å²) in [5, 5.41) is 5.39. The predicted octanol–water partition coefficient (Wildman–Crippen LogP) is 1.67. The molecule has 1 aromatic rings. The van der Waals surface area contributed by atoms with Crippen molar-refractivity contribution in [2.75, 3.05) is 29.8 Å². The van der Waals surface area contributed by atoms with E-state index in [1.54, 1.807) is 30.0 Å². The van der Waals surface area contributed by atoms with Crippen molar-refractivity contribution >= 4 is 35.0 Å². The predicted molar refractivity (Wildman–Crippen MR) is 86.9 cm³/mol. The van der Waals surface area contributed by atoms with Crippen molar-refractivity contribution in [3.63, 3.8) is 0 Å². The maximum absolute atomic E-state index is 11.9. The van der Waals surface area contributed by atoms with Gasteiger partial charge in [0.05, 0.1) is 18.8 Å². The summed E-state index contributed by atoms with van der Waals surface area (Å²) in [4.78, 5) is 23.0. The van der Waals surface area contributed by atoms with Crippen LogP contribution >= 0.6 is 11.8 Å². The van der Waals surface area contributed by atoms with Gasteiger partial charge in [-0.3, -0.25) is 9.59 Å². The van der Waals surface area contributed by atoms with Crippen LogP contribution in [0, 0.1) is 0 Å². The van der Waals surface area contributed by atoms with Gasteiger partial charge in [0.2, 0.25) is 11.8 Å². The molecule has 2 amide bonds. The third kappa shape index (κ3) is 5.65. The highest BCUT2D eigenvalue weighted by Crippen LogP contribution is 2.28. The number of nitrogens with two attached hydrogens (primary N) is 1. The van der Waals surface area contributed by atoms with E-state index in [0.29, 0.717) is 23.5 Å². The fourth-order valence-electron chi connectivity index (χ4n) is 1.67. The largest absolute Gasteiger partial charge is 0.494 e. The molecule has 0 aliphatic rings. The summed E-state index contributed by atoms with van der Waals surface area (Å²) in [6.07, 6.45) is 2.59. The molecular formula is C14H21N3O3S. The van der Waals surface area contributed by atoms with Crippen LogP contribution in [0.2, 0.25) is 0 Å². The molecular weight excluding hydrogens is 290 g/mol. The second-order valence-electron chi connectivity index (χ2n) is 4.47. The van der Waals surface area contributed by atoms with Crippen molar-refractivity contribution in [2.45, 2.75) is 19.4 Å². The number of hydrogen-bond acceptors (Lipinski definition) is 5. The SMILES string of the molecule is COc1cc(NC(=O)[C@H](N)CCSC)ccc1NC(C)=O. The van der Waals surface area contributed by atoms with Crippen molar-refractivity contribution in [3.05, 3.63) is 18.2 Å². The van der Waals surface area contributed by atoms with E-state index in [9.17, 15) is 9.59 Å². The van der Waals surface area contributed by atoms with Crippen molar-refractivity contribution in [2.24, 2.45) is 5.73 Å². The van der Waals surface area contributed by atoms with Gasteiger partial charge in [-0.05, 0) is 30.6 Å². The van der Waals surface area contributed by atoms with Crippen LogP contribution < -0.4 is 21.1 Å². The lowest BCUT2D eigenvalue weighted by atomic mass is 10.2. The molecule has 1 rings (SSSR count). The fourth-order valence-corrected chi connectivity index (χ4v) is 2.16. The van der Waals surface area contributed by atoms with Crippen LogP contribution in [-0.2, 0) is 9.59 Å². The Morgan fingerprint density at radius 1 is 1.38 bits per heavy atom. The molecule has 0 saturated carbocycles. The van der Waals surface area contributed by atoms with Crippen LogP contribution in [0.1, 0.15) is 13.3 Å². The summed E-state index contributed by atoms with van der Waals surface area (Å²) in [7, 11) is 1.50. The monoisotopic (exact) mass is 311 g/mol. The number of methoxy groups -OCH3 is 1. The van der Waals surface area contributed by atoms with E-state index in [0.717, 1.165) is 5.75 Å². The Balaban J connectivity index is 2.76. The first-order valence-corrected chi connectivity index (χ1v) is 7.88. The van der Waals surface area contributed by atoms with Gasteiger partial charge in [-0.1, -0.05) is 0 Å². The molecule has 4 N–H and O–H groups in total. The maximum atomic E-state index is 11.9. The van der Waals surface area contributed by atoms with Crippen molar-refractivity contribution in [1.82, 2.24) is 0 Å². The molecule has 0 heterocycles. The van der Waals surface area contributed by atoms with Crippen LogP contribution in [0.15, 0.2) is 18.2 Å². The zero-order valence-corrected chi connectivity index (χ0v) is 13.3. The summed E-state index contributed by atoms with van der Waals surface area (Å²) >= 11 is 1.65. The van der Waals surface area contributed by atoms with Gasteiger partial charge in [0.15, 0.2) is 0 Å². The number of benzene rings is 1. The van der Waals surface area contributed by atoms with Gasteiger partial charge in [0, 0.05) is 18.7 Å². The summed E-state index contributed by atoms with van der Waals surface area (Å²) in [6.45, 7) is 1.42. The zero-order valence-electron chi connectivity index (χ0n) is 12.4. The van der Waals surface area contributed by atoms with Crippen LogP contribution in [0.5, 0.6) is 5.75 Å². The number of ether oxygens (including phenoxy) is 1. The molecule has 0 aliphatic carbocycles. The van der Waals surface area contributed by atoms with Crippen molar-refractivity contribution in [3.8, 4) is 5.75 Å². The number of thioether (sulfide) groups is 1. The van der Waals surface area contributed by atoms with Crippen LogP contribution in [0.3, 0.4) is 0 Å². The van der Waals surface area contributed by atoms with E-state index in [1.165, 1.54) is 14.0 Å². The highest BCUT2D eigenvalue weighted by molar-refractivity contribution is 7.98. The van der Waals surface area contributed by atoms with Crippen molar-refractivity contribution < 1.29 is 14.3 Å². The molecule has 7 heteroatoms. The molecule has 0 radical (unpaired) electrons. The van der Waals surface area contributed by atoms with E-state index >= 15 is 0 Å². The first-order valence-electron chi connectivity index (χ1n) is 6.49. The standard InChI is InChI=1S/C14H21N3O3S/c1-9(18)16-12-5-4-10(8-13(12)20-2)17-14(19)11(15)6-7-21-3/h4-5,8,11H,6-7,15H2,1-3H3,(H,16,18)(H,17,19)/t11-/m1/s1. The maximum Gasteiger partial charge on any atom is 0.241 e. The number of rotatable bonds is 7. The Morgan fingerprint density at radius 3 is 2.67 bits per heavy atom. The smallest absolute Gasteiger partial charge is 0.241 e. The Labute approximate surface area is 128 Å². The fraction of sp³-hybridized carbons (Fsp3) is 0.429. The van der Waals surface area contributed by atoms with Gasteiger partial charge in [-0.2, -0.15) is 11.8 Å². The van der Waals surface area contributed by atoms with Gasteiger partial charge in [0.1, 0.15) is 5.75 Å². The average molecular weight is 311 g/mol. The second kappa shape index (κ2) is 8.53. The van der Waals surface area contributed by atoms with Gasteiger partial charge in [-0.25, -0.2) is 0 Å². The first-order chi connectivity index (χ1) is 9.97. The summed E-state index contributed by atoms with van der Waals surface area (Å²) in [5.74, 6) is 0.877. The second-order valence-corrected chi connectivity index (χ2v) is 5.46. The molecule has 0 bridgehead atoms. The number of nitrogens with one attached hydrogen (secondary N) is 2. The average Bonchev–Trinajstić information content (AvgIpc) is 2.45. The highest BCUT2D eigenvalue weighted by atomic mass is 32.2. The molecule has 0 saturated heterocycles. The molecule has 1 aromatic carbocycles. The molecule has 0 unspecified atom stereocenters. The van der Waals surface area contributed by atoms with Crippen LogP contribution in [-0.4, -0.2) is 37.0 Å². The number of hydrogen-bond donors (Lipinski definition) is 3. The van der Waals surface area contributed by atoms with Gasteiger partial charge < -0.3 is 21.1 Å². The molecule has 21 heavy (non-hydrogen) atoms. The number of carbonyl (C=O) groups excluding carboxylic acids is 2. The number of carbonyl (C=O) groups is 2. The van der Waals surface area contributed by atoms with E-state index in [2.05, 4.69) is 10.6 Å². The molecule has 0 spiro atoms. The van der Waals surface area contributed by atoms with Gasteiger partial charge in [-0.15, -0.1) is 0 Å². The minimum atomic E-state index is -0.543. The Morgan fingerprint density at radius 2 is 2.10 bits per heavy atom. The minimum Gasteiger partial charge on any atom is -0.494 e. The number of amides is 2. The molecule has 6 nitrogen and oxygen atoms in total. The third-order valence-electron chi connectivity index (χ3n) is 2.75. The molecule has 0 aliphatic heterocycles. The van der Waals surface area contributed by atoms with E-state index in [-0.39, 0.29) is 11.8 Å². The zero-order chi connectivity index (χ0) is 15.8. The minimum absolute atomic E-state index is 0.191. The third-order valence-corrected chi connectivity index (χ3v) is 3.39. The van der Waals surface area contributed by atoms with E-state index < -0.39 is 6.04 Å². The molecule has 0 aromatic heterocycles. The summed E-state index contributed by atoms with van der Waals surface area (Å²) in [5.41, 5.74) is 6.93. The van der Waals surface area contributed by atoms with Crippen molar-refractivity contribution in [1.29, 1.82) is 0 Å². The Hall–Kier alpha value is -1.73. The highest BCUT2D eigenvalue weighted by Gasteiger charge is 2.14. The lowest BCUT2D eigenvalue weighted by molar-refractivity contribution is -0.117. The quantitative estimate of drug-likeness (QED) is 0.712. The number of anilines is 2. The molecule has 1 atom stereocenters. The summed E-state index contributed by atoms with van der Waals surface area (Å²) < 4.78 is 5.19. The lowest BCUT2D eigenvalue weighted by Crippen LogP contribution is -2.36. The van der Waals surface area contributed by atoms with Crippen LogP contribution in [0.4, 0.5) is 11.4 Å². The van der Waals surface area contributed by atoms with E-state index in [1.807, 2.05) is 6.26 Å². The van der Waals surface area contributed by atoms with E-state index in [4.69, 9.17) is 10.5 Å².